The summed E-state index contributed by atoms with van der Waals surface area (Å²) in [6.07, 6.45) is 5.42. The second-order valence-corrected chi connectivity index (χ2v) is 8.39. The number of likely N-dealkylation sites (tertiary alicyclic amines) is 1. The van der Waals surface area contributed by atoms with Crippen molar-refractivity contribution in [1.29, 1.82) is 0 Å². The average Bonchev–Trinajstić information content (AvgIpc) is 3.53. The largest absolute Gasteiger partial charge is 0.383 e. The van der Waals surface area contributed by atoms with E-state index in [0.29, 0.717) is 41.7 Å². The van der Waals surface area contributed by atoms with E-state index in [1.54, 1.807) is 14.3 Å². The maximum atomic E-state index is 12.4. The van der Waals surface area contributed by atoms with Crippen LogP contribution in [0.1, 0.15) is 41.0 Å². The Morgan fingerprint density at radius 1 is 1.26 bits per heavy atom. The number of benzene rings is 1. The van der Waals surface area contributed by atoms with Gasteiger partial charge in [0.1, 0.15) is 11.5 Å². The zero-order chi connectivity index (χ0) is 24.0. The molecule has 1 amide bonds. The summed E-state index contributed by atoms with van der Waals surface area (Å²) >= 11 is 0. The van der Waals surface area contributed by atoms with Gasteiger partial charge in [-0.15, -0.1) is 0 Å². The van der Waals surface area contributed by atoms with Crippen molar-refractivity contribution >= 4 is 39.3 Å². The highest BCUT2D eigenvalue weighted by atomic mass is 16.2. The van der Waals surface area contributed by atoms with E-state index in [1.165, 1.54) is 19.2 Å². The highest BCUT2D eigenvalue weighted by Crippen LogP contribution is 2.32. The minimum Gasteiger partial charge on any atom is -0.383 e. The molecule has 4 aromatic rings. The SMILES string of the molecule is C=CC(=O)N1CC[C@H](n2nc(C#Cc3ccc4cn(C)nc4c3)c3c(N)ncc(C(C)=O)c32)C1. The van der Waals surface area contributed by atoms with Gasteiger partial charge in [0.25, 0.3) is 0 Å². The van der Waals surface area contributed by atoms with Crippen LogP contribution in [-0.4, -0.2) is 54.2 Å². The Bertz CT molecular complexity index is 1550. The molecule has 2 N–H and O–H groups in total. The van der Waals surface area contributed by atoms with Crippen LogP contribution in [0.25, 0.3) is 21.8 Å². The van der Waals surface area contributed by atoms with E-state index in [0.717, 1.165) is 16.5 Å². The first-order valence-electron chi connectivity index (χ1n) is 10.9. The number of hydrogen-bond acceptors (Lipinski definition) is 6. The Balaban J connectivity index is 1.63. The molecule has 5 rings (SSSR count). The van der Waals surface area contributed by atoms with Gasteiger partial charge in [-0.3, -0.25) is 19.0 Å². The number of aromatic nitrogens is 5. The zero-order valence-corrected chi connectivity index (χ0v) is 18.9. The zero-order valence-electron chi connectivity index (χ0n) is 18.9. The summed E-state index contributed by atoms with van der Waals surface area (Å²) in [5.41, 5.74) is 9.35. The van der Waals surface area contributed by atoms with Crippen LogP contribution >= 0.6 is 0 Å². The third kappa shape index (κ3) is 3.59. The number of Topliss-reactive ketones (excluding diaryl/α,β-unsaturated/α-hetero) is 1. The Hall–Kier alpha value is -4.45. The lowest BCUT2D eigenvalue weighted by atomic mass is 10.1. The number of hydrogen-bond donors (Lipinski definition) is 1. The Morgan fingerprint density at radius 3 is 2.85 bits per heavy atom. The average molecular weight is 454 g/mol. The molecule has 9 heteroatoms. The highest BCUT2D eigenvalue weighted by Gasteiger charge is 2.30. The molecular weight excluding hydrogens is 430 g/mol. The van der Waals surface area contributed by atoms with Crippen LogP contribution in [-0.2, 0) is 11.8 Å². The van der Waals surface area contributed by atoms with Gasteiger partial charge < -0.3 is 10.6 Å². The highest BCUT2D eigenvalue weighted by molar-refractivity contribution is 6.09. The third-order valence-corrected chi connectivity index (χ3v) is 6.08. The molecule has 0 bridgehead atoms. The first kappa shape index (κ1) is 21.4. The van der Waals surface area contributed by atoms with Crippen LogP contribution in [0.2, 0.25) is 0 Å². The van der Waals surface area contributed by atoms with Crippen molar-refractivity contribution in [2.75, 3.05) is 18.8 Å². The molecule has 3 aromatic heterocycles. The van der Waals surface area contributed by atoms with Crippen LogP contribution in [0.15, 0.2) is 43.2 Å². The van der Waals surface area contributed by atoms with Crippen molar-refractivity contribution < 1.29 is 9.59 Å². The summed E-state index contributed by atoms with van der Waals surface area (Å²) in [6, 6.07) is 5.69. The van der Waals surface area contributed by atoms with Crippen LogP contribution in [0.5, 0.6) is 0 Å². The predicted octanol–water partition coefficient (Wildman–Crippen LogP) is 2.46. The number of aryl methyl sites for hydroxylation is 1. The van der Waals surface area contributed by atoms with Gasteiger partial charge in [-0.25, -0.2) is 4.98 Å². The Morgan fingerprint density at radius 2 is 2.09 bits per heavy atom. The number of rotatable bonds is 3. The van der Waals surface area contributed by atoms with Crippen LogP contribution < -0.4 is 5.73 Å². The van der Waals surface area contributed by atoms with Crippen molar-refractivity contribution in [1.82, 2.24) is 29.4 Å². The first-order chi connectivity index (χ1) is 16.4. The molecule has 34 heavy (non-hydrogen) atoms. The van der Waals surface area contributed by atoms with Crippen molar-refractivity contribution in [2.24, 2.45) is 7.05 Å². The third-order valence-electron chi connectivity index (χ3n) is 6.08. The number of carbonyl (C=O) groups excluding carboxylic acids is 2. The lowest BCUT2D eigenvalue weighted by Gasteiger charge is -2.16. The van der Waals surface area contributed by atoms with Gasteiger partial charge in [-0.05, 0) is 43.5 Å². The molecule has 1 atom stereocenters. The number of nitrogens with zero attached hydrogens (tertiary/aromatic N) is 6. The number of ketones is 1. The van der Waals surface area contributed by atoms with E-state index in [1.807, 2.05) is 31.4 Å². The van der Waals surface area contributed by atoms with Gasteiger partial charge in [0.2, 0.25) is 5.91 Å². The number of fused-ring (bicyclic) bond motifs is 2. The first-order valence-corrected chi connectivity index (χ1v) is 10.9. The molecule has 0 spiro atoms. The number of pyridine rings is 1. The monoisotopic (exact) mass is 453 g/mol. The van der Waals surface area contributed by atoms with Crippen molar-refractivity contribution in [2.45, 2.75) is 19.4 Å². The lowest BCUT2D eigenvalue weighted by Crippen LogP contribution is -2.27. The second kappa shape index (κ2) is 8.15. The number of nitrogens with two attached hydrogens (primary N) is 1. The molecule has 4 heterocycles. The van der Waals surface area contributed by atoms with E-state index >= 15 is 0 Å². The van der Waals surface area contributed by atoms with E-state index < -0.39 is 0 Å². The van der Waals surface area contributed by atoms with Crippen molar-refractivity contribution in [3.05, 3.63) is 60.1 Å². The molecule has 0 aliphatic carbocycles. The van der Waals surface area contributed by atoms with Crippen LogP contribution in [0.4, 0.5) is 5.82 Å². The summed E-state index contributed by atoms with van der Waals surface area (Å²) in [7, 11) is 1.87. The molecule has 1 aliphatic rings. The van der Waals surface area contributed by atoms with E-state index in [-0.39, 0.29) is 23.6 Å². The standard InChI is InChI=1S/C25H23N7O2/c1-4-22(34)31-10-9-18(14-31)32-24-19(15(2)33)12-27-25(26)23(24)20(29-32)8-6-16-5-7-17-13-30(3)28-21(17)11-16/h4-5,7,11-13,18H,1,9-10,14H2,2-3H3,(H2,26,27)/t18-/m0/s1. The van der Waals surface area contributed by atoms with E-state index in [9.17, 15) is 9.59 Å². The topological polar surface area (TPSA) is 112 Å². The van der Waals surface area contributed by atoms with Crippen LogP contribution in [0, 0.1) is 11.8 Å². The maximum absolute atomic E-state index is 12.4. The fraction of sp³-hybridized carbons (Fsp3) is 0.240. The smallest absolute Gasteiger partial charge is 0.246 e. The van der Waals surface area contributed by atoms with Gasteiger partial charge in [-0.1, -0.05) is 12.5 Å². The second-order valence-electron chi connectivity index (χ2n) is 8.39. The van der Waals surface area contributed by atoms with Crippen LogP contribution in [0.3, 0.4) is 0 Å². The van der Waals surface area contributed by atoms with Gasteiger partial charge in [0.15, 0.2) is 5.78 Å². The quantitative estimate of drug-likeness (QED) is 0.290. The molecule has 9 nitrogen and oxygen atoms in total. The number of carbonyl (C=O) groups is 2. The summed E-state index contributed by atoms with van der Waals surface area (Å²) in [4.78, 5) is 30.5. The fourth-order valence-electron chi connectivity index (χ4n) is 4.42. The molecule has 0 radical (unpaired) electrons. The Labute approximate surface area is 195 Å². The van der Waals surface area contributed by atoms with Crippen molar-refractivity contribution in [3.8, 4) is 11.8 Å². The van der Waals surface area contributed by atoms with Gasteiger partial charge in [0.05, 0.1) is 28.0 Å². The molecule has 0 unspecified atom stereocenters. The van der Waals surface area contributed by atoms with Gasteiger partial charge in [0, 0.05) is 43.5 Å². The molecule has 1 aliphatic heterocycles. The minimum absolute atomic E-state index is 0.119. The van der Waals surface area contributed by atoms with Crippen molar-refractivity contribution in [3.63, 3.8) is 0 Å². The van der Waals surface area contributed by atoms with E-state index in [4.69, 9.17) is 10.8 Å². The lowest BCUT2D eigenvalue weighted by molar-refractivity contribution is -0.125. The van der Waals surface area contributed by atoms with E-state index in [2.05, 4.69) is 28.5 Å². The normalized spacial score (nSPS) is 15.5. The summed E-state index contributed by atoms with van der Waals surface area (Å²) in [5.74, 6) is 6.26. The summed E-state index contributed by atoms with van der Waals surface area (Å²) in [6.45, 7) is 6.10. The minimum atomic E-state index is -0.143. The molecule has 1 saturated heterocycles. The molecule has 1 aromatic carbocycles. The molecular formula is C25H23N7O2. The number of anilines is 1. The van der Waals surface area contributed by atoms with Gasteiger partial charge >= 0.3 is 0 Å². The van der Waals surface area contributed by atoms with Gasteiger partial charge in [-0.2, -0.15) is 10.2 Å². The molecule has 1 fully saturated rings. The summed E-state index contributed by atoms with van der Waals surface area (Å²) < 4.78 is 3.54. The summed E-state index contributed by atoms with van der Waals surface area (Å²) in [5, 5.41) is 10.8. The maximum Gasteiger partial charge on any atom is 0.246 e. The number of nitrogen functional groups attached to an aromatic ring is 1. The molecule has 170 valence electrons. The fourth-order valence-corrected chi connectivity index (χ4v) is 4.42. The molecule has 0 saturated carbocycles. The Kier molecular flexibility index (Phi) is 5.13. The number of amides is 1. The predicted molar refractivity (Wildman–Crippen MR) is 129 cm³/mol.